The molecule has 10 rings (SSSR count). The first-order valence-electron chi connectivity index (χ1n) is 19.5. The summed E-state index contributed by atoms with van der Waals surface area (Å²) < 4.78 is 0. The molecule has 0 heterocycles. The maximum atomic E-state index is 2.44. The van der Waals surface area contributed by atoms with Crippen molar-refractivity contribution in [2.24, 2.45) is 0 Å². The van der Waals surface area contributed by atoms with Crippen LogP contribution in [0.25, 0.3) is 55.3 Å². The first kappa shape index (κ1) is 32.5. The minimum Gasteiger partial charge on any atom is -0.310 e. The van der Waals surface area contributed by atoms with Gasteiger partial charge in [0.2, 0.25) is 0 Å². The molecule has 0 N–H and O–H groups in total. The lowest BCUT2D eigenvalue weighted by molar-refractivity contribution is 0.660. The van der Waals surface area contributed by atoms with Crippen LogP contribution in [0.1, 0.15) is 48.9 Å². The Balaban J connectivity index is 1.04. The van der Waals surface area contributed by atoms with Crippen molar-refractivity contribution in [1.82, 2.24) is 0 Å². The summed E-state index contributed by atoms with van der Waals surface area (Å²) in [5.74, 6) is 0. The number of rotatable bonds is 6. The summed E-state index contributed by atoms with van der Waals surface area (Å²) in [4.78, 5) is 2.43. The summed E-state index contributed by atoms with van der Waals surface area (Å²) in [6.07, 6.45) is 4.98. The van der Waals surface area contributed by atoms with Crippen molar-refractivity contribution in [3.8, 4) is 44.5 Å². The van der Waals surface area contributed by atoms with Gasteiger partial charge in [-0.25, -0.2) is 0 Å². The van der Waals surface area contributed by atoms with Gasteiger partial charge in [-0.15, -0.1) is 0 Å². The van der Waals surface area contributed by atoms with Crippen molar-refractivity contribution in [3.05, 3.63) is 198 Å². The fourth-order valence-corrected chi connectivity index (χ4v) is 9.23. The highest BCUT2D eigenvalue weighted by molar-refractivity contribution is 5.95. The van der Waals surface area contributed by atoms with Crippen molar-refractivity contribution < 1.29 is 0 Å². The molecule has 260 valence electrons. The maximum absolute atomic E-state index is 2.44. The number of anilines is 3. The van der Waals surface area contributed by atoms with Gasteiger partial charge in [0, 0.05) is 22.5 Å². The summed E-state index contributed by atoms with van der Waals surface area (Å²) in [5, 5.41) is 2.48. The Hall–Kier alpha value is -6.18. The Morgan fingerprint density at radius 1 is 0.407 bits per heavy atom. The smallest absolute Gasteiger partial charge is 0.0468 e. The summed E-state index contributed by atoms with van der Waals surface area (Å²) in [6, 6.07) is 65.4. The van der Waals surface area contributed by atoms with Gasteiger partial charge in [0.25, 0.3) is 0 Å². The van der Waals surface area contributed by atoms with E-state index < -0.39 is 0 Å². The standard InChI is InChI=1S/C53H43N/c1-53(2)50-21-11-20-48(40-13-4-3-5-14-40)52(50)49-33-32-45(35-51(49)53)54(44-31-28-36-12-6-7-16-42(36)34-44)43-29-26-38(27-30-43)37-22-24-41(25-23-37)47-19-10-17-39-15-8-9-18-46(39)47/h3-7,10-14,16-17,19-35H,8-9,15,18H2,1-2H3. The lowest BCUT2D eigenvalue weighted by Gasteiger charge is -2.28. The van der Waals surface area contributed by atoms with E-state index in [4.69, 9.17) is 0 Å². The van der Waals surface area contributed by atoms with Gasteiger partial charge in [-0.2, -0.15) is 0 Å². The predicted molar refractivity (Wildman–Crippen MR) is 229 cm³/mol. The molecule has 0 radical (unpaired) electrons. The zero-order valence-electron chi connectivity index (χ0n) is 31.0. The topological polar surface area (TPSA) is 3.24 Å². The van der Waals surface area contributed by atoms with Crippen LogP contribution >= 0.6 is 0 Å². The molecule has 8 aromatic carbocycles. The maximum Gasteiger partial charge on any atom is 0.0468 e. The van der Waals surface area contributed by atoms with Gasteiger partial charge in [0.1, 0.15) is 0 Å². The molecule has 0 unspecified atom stereocenters. The van der Waals surface area contributed by atoms with E-state index in [1.165, 1.54) is 97.7 Å². The average molecular weight is 694 g/mol. The minimum atomic E-state index is -0.143. The van der Waals surface area contributed by atoms with Crippen LogP contribution in [0.15, 0.2) is 176 Å². The summed E-state index contributed by atoms with van der Waals surface area (Å²) >= 11 is 0. The number of aryl methyl sites for hydroxylation is 1. The van der Waals surface area contributed by atoms with E-state index in [1.54, 1.807) is 5.56 Å². The third-order valence-electron chi connectivity index (χ3n) is 12.1. The van der Waals surface area contributed by atoms with Crippen LogP contribution in [0, 0.1) is 0 Å². The normalized spacial score (nSPS) is 14.0. The molecular weight excluding hydrogens is 651 g/mol. The monoisotopic (exact) mass is 693 g/mol. The van der Waals surface area contributed by atoms with Crippen LogP contribution in [0.4, 0.5) is 17.1 Å². The number of fused-ring (bicyclic) bond motifs is 5. The van der Waals surface area contributed by atoms with Gasteiger partial charge < -0.3 is 4.90 Å². The number of hydrogen-bond acceptors (Lipinski definition) is 1. The molecule has 0 aliphatic heterocycles. The Bertz CT molecular complexity index is 2660. The van der Waals surface area contributed by atoms with Crippen molar-refractivity contribution in [3.63, 3.8) is 0 Å². The SMILES string of the molecule is CC1(C)c2cc(N(c3ccc(-c4ccc(-c5cccc6c5CCCC6)cc4)cc3)c3ccc4ccccc4c3)ccc2-c2c(-c3ccccc3)cccc21. The Kier molecular flexibility index (Phi) is 7.84. The highest BCUT2D eigenvalue weighted by Crippen LogP contribution is 2.53. The molecule has 0 saturated carbocycles. The van der Waals surface area contributed by atoms with E-state index in [9.17, 15) is 0 Å². The third kappa shape index (κ3) is 5.46. The Labute approximate surface area is 319 Å². The summed E-state index contributed by atoms with van der Waals surface area (Å²) in [7, 11) is 0. The molecule has 0 amide bonds. The van der Waals surface area contributed by atoms with E-state index >= 15 is 0 Å². The predicted octanol–water partition coefficient (Wildman–Crippen LogP) is 14.5. The minimum absolute atomic E-state index is 0.143. The molecule has 0 bridgehead atoms. The molecule has 0 spiro atoms. The lowest BCUT2D eigenvalue weighted by atomic mass is 9.81. The van der Waals surface area contributed by atoms with Gasteiger partial charge in [0.15, 0.2) is 0 Å². The van der Waals surface area contributed by atoms with E-state index in [-0.39, 0.29) is 5.41 Å². The summed E-state index contributed by atoms with van der Waals surface area (Å²) in [5.41, 5.74) is 19.5. The van der Waals surface area contributed by atoms with E-state index in [0.29, 0.717) is 0 Å². The molecule has 1 nitrogen and oxygen atoms in total. The molecule has 0 fully saturated rings. The Morgan fingerprint density at radius 2 is 1.02 bits per heavy atom. The van der Waals surface area contributed by atoms with Gasteiger partial charge in [-0.3, -0.25) is 0 Å². The molecular formula is C53H43N. The van der Waals surface area contributed by atoms with E-state index in [0.717, 1.165) is 17.1 Å². The Morgan fingerprint density at radius 3 is 1.83 bits per heavy atom. The van der Waals surface area contributed by atoms with Crippen LogP contribution < -0.4 is 4.90 Å². The van der Waals surface area contributed by atoms with Crippen molar-refractivity contribution in [1.29, 1.82) is 0 Å². The zero-order chi connectivity index (χ0) is 36.2. The first-order valence-corrected chi connectivity index (χ1v) is 19.5. The lowest BCUT2D eigenvalue weighted by Crippen LogP contribution is -2.16. The molecule has 1 heteroatoms. The van der Waals surface area contributed by atoms with Crippen molar-refractivity contribution >= 4 is 27.8 Å². The largest absolute Gasteiger partial charge is 0.310 e. The van der Waals surface area contributed by atoms with Crippen molar-refractivity contribution in [2.45, 2.75) is 44.9 Å². The number of nitrogens with zero attached hydrogens (tertiary/aromatic N) is 1. The quantitative estimate of drug-likeness (QED) is 0.168. The molecule has 2 aliphatic carbocycles. The molecule has 54 heavy (non-hydrogen) atoms. The molecule has 0 saturated heterocycles. The summed E-state index contributed by atoms with van der Waals surface area (Å²) in [6.45, 7) is 4.76. The second kappa shape index (κ2) is 13.0. The van der Waals surface area contributed by atoms with Crippen LogP contribution in [-0.4, -0.2) is 0 Å². The van der Waals surface area contributed by atoms with Crippen LogP contribution in [0.3, 0.4) is 0 Å². The van der Waals surface area contributed by atoms with Crippen LogP contribution in [0.5, 0.6) is 0 Å². The number of benzene rings is 8. The number of hydrogen-bond donors (Lipinski definition) is 0. The van der Waals surface area contributed by atoms with Crippen LogP contribution in [0.2, 0.25) is 0 Å². The van der Waals surface area contributed by atoms with Gasteiger partial charge in [0.05, 0.1) is 0 Å². The average Bonchev–Trinajstić information content (AvgIpc) is 3.47. The molecule has 8 aromatic rings. The third-order valence-corrected chi connectivity index (χ3v) is 12.1. The van der Waals surface area contributed by atoms with Gasteiger partial charge in [-0.05, 0) is 140 Å². The molecule has 0 aromatic heterocycles. The van der Waals surface area contributed by atoms with Crippen LogP contribution in [-0.2, 0) is 18.3 Å². The van der Waals surface area contributed by atoms with Crippen molar-refractivity contribution in [2.75, 3.05) is 4.90 Å². The second-order valence-corrected chi connectivity index (χ2v) is 15.6. The molecule has 2 aliphatic rings. The fourth-order valence-electron chi connectivity index (χ4n) is 9.23. The molecule has 0 atom stereocenters. The fraction of sp³-hybridized carbons (Fsp3) is 0.132. The first-order chi connectivity index (χ1) is 26.5. The van der Waals surface area contributed by atoms with Gasteiger partial charge >= 0.3 is 0 Å². The second-order valence-electron chi connectivity index (χ2n) is 15.6. The van der Waals surface area contributed by atoms with E-state index in [1.807, 2.05) is 0 Å². The highest BCUT2D eigenvalue weighted by atomic mass is 15.1. The highest BCUT2D eigenvalue weighted by Gasteiger charge is 2.37. The zero-order valence-corrected chi connectivity index (χ0v) is 31.0. The van der Waals surface area contributed by atoms with E-state index in [2.05, 4.69) is 195 Å². The van der Waals surface area contributed by atoms with Gasteiger partial charge in [-0.1, -0.05) is 153 Å².